The molecule has 126 valence electrons. The van der Waals surface area contributed by atoms with E-state index >= 15 is 0 Å². The lowest BCUT2D eigenvalue weighted by Gasteiger charge is -2.32. The smallest absolute Gasteiger partial charge is 0.458 e. The van der Waals surface area contributed by atoms with Crippen LogP contribution in [0, 0.1) is 0 Å². The maximum absolute atomic E-state index is 11.7. The van der Waals surface area contributed by atoms with Gasteiger partial charge in [-0.15, -0.1) is 0 Å². The Morgan fingerprint density at radius 1 is 1.09 bits per heavy atom. The number of ether oxygens (including phenoxy) is 1. The second-order valence-corrected chi connectivity index (χ2v) is 6.08. The normalized spacial score (nSPS) is 18.4. The quantitative estimate of drug-likeness (QED) is 0.479. The Labute approximate surface area is 140 Å². The van der Waals surface area contributed by atoms with Gasteiger partial charge < -0.3 is 14.0 Å². The predicted molar refractivity (Wildman–Crippen MR) is 92.8 cm³/mol. The molecule has 1 heterocycles. The predicted octanol–water partition coefficient (Wildman–Crippen LogP) is 3.94. The monoisotopic (exact) mass is 318 g/mol. The van der Waals surface area contributed by atoms with E-state index in [1.807, 2.05) is 71.9 Å². The van der Waals surface area contributed by atoms with Gasteiger partial charge in [0, 0.05) is 6.08 Å². The third-order valence-electron chi connectivity index (χ3n) is 3.88. The van der Waals surface area contributed by atoms with Gasteiger partial charge in [-0.25, -0.2) is 4.79 Å². The van der Waals surface area contributed by atoms with Crippen molar-refractivity contribution in [1.29, 1.82) is 0 Å². The van der Waals surface area contributed by atoms with Crippen LogP contribution in [0.5, 0.6) is 0 Å². The molecule has 23 heavy (non-hydrogen) atoms. The summed E-state index contributed by atoms with van der Waals surface area (Å²) >= 11 is 0. The zero-order valence-electron chi connectivity index (χ0n) is 15.0. The Morgan fingerprint density at radius 3 is 2.13 bits per heavy atom. The lowest BCUT2D eigenvalue weighted by Crippen LogP contribution is -2.41. The van der Waals surface area contributed by atoms with Crippen molar-refractivity contribution < 1.29 is 18.8 Å². The highest BCUT2D eigenvalue weighted by atomic mass is 16.7. The molecular formula is C18H27BO4. The highest BCUT2D eigenvalue weighted by Crippen LogP contribution is 2.36. The number of rotatable bonds is 4. The molecule has 0 aromatic heterocycles. The van der Waals surface area contributed by atoms with E-state index < -0.39 is 24.3 Å². The lowest BCUT2D eigenvalue weighted by atomic mass is 9.90. The Hall–Kier alpha value is -1.59. The summed E-state index contributed by atoms with van der Waals surface area (Å²) in [6.45, 7) is 12.1. The molecule has 0 saturated carbocycles. The fraction of sp³-hybridized carbons (Fsp3) is 0.500. The van der Waals surface area contributed by atoms with Crippen molar-refractivity contribution in [3.05, 3.63) is 47.9 Å². The zero-order chi connectivity index (χ0) is 17.5. The van der Waals surface area contributed by atoms with E-state index in [1.165, 1.54) is 6.08 Å². The average Bonchev–Trinajstić information content (AvgIpc) is 2.74. The van der Waals surface area contributed by atoms with Crippen LogP contribution in [0.3, 0.4) is 0 Å². The lowest BCUT2D eigenvalue weighted by molar-refractivity contribution is -0.139. The number of hydrogen-bond donors (Lipinski definition) is 0. The van der Waals surface area contributed by atoms with Crippen LogP contribution in [-0.2, 0) is 25.4 Å². The van der Waals surface area contributed by atoms with E-state index in [9.17, 15) is 4.79 Å². The molecule has 1 fully saturated rings. The second-order valence-electron chi connectivity index (χ2n) is 6.08. The van der Waals surface area contributed by atoms with Crippen LogP contribution in [0.25, 0.3) is 0 Å². The topological polar surface area (TPSA) is 44.8 Å². The van der Waals surface area contributed by atoms with Gasteiger partial charge in [-0.1, -0.05) is 44.2 Å². The third-order valence-corrected chi connectivity index (χ3v) is 3.88. The number of carbonyl (C=O) groups is 1. The Balaban J connectivity index is 0.00000127. The van der Waals surface area contributed by atoms with Gasteiger partial charge in [0.05, 0.1) is 11.2 Å². The first-order chi connectivity index (χ1) is 10.8. The molecule has 1 aliphatic heterocycles. The molecule has 5 heteroatoms. The van der Waals surface area contributed by atoms with Crippen molar-refractivity contribution in [2.45, 2.75) is 59.4 Å². The Bertz CT molecular complexity index is 507. The fourth-order valence-corrected chi connectivity index (χ4v) is 1.90. The maximum atomic E-state index is 11.7. The number of hydrogen-bond acceptors (Lipinski definition) is 4. The summed E-state index contributed by atoms with van der Waals surface area (Å²) in [5.41, 5.74) is 0.140. The maximum Gasteiger partial charge on any atom is 0.487 e. The molecule has 4 nitrogen and oxygen atoms in total. The largest absolute Gasteiger partial charge is 0.487 e. The standard InChI is InChI=1S/C16H21BO4.C2H6/c1-15(2)16(3,4)21-17(20-15)11-10-14(18)19-12-13-8-6-5-7-9-13;1-2/h5-11H,12H2,1-4H3;1-2H3/b11-10+;. The van der Waals surface area contributed by atoms with Gasteiger partial charge in [0.15, 0.2) is 0 Å². The molecule has 0 spiro atoms. The van der Waals surface area contributed by atoms with Crippen molar-refractivity contribution in [2.75, 3.05) is 0 Å². The molecule has 0 N–H and O–H groups in total. The Morgan fingerprint density at radius 2 is 1.61 bits per heavy atom. The molecule has 0 bridgehead atoms. The van der Waals surface area contributed by atoms with Gasteiger partial charge in [0.1, 0.15) is 6.61 Å². The summed E-state index contributed by atoms with van der Waals surface area (Å²) in [5.74, 6) is 1.18. The minimum atomic E-state index is -0.528. The highest BCUT2D eigenvalue weighted by Gasteiger charge is 2.50. The van der Waals surface area contributed by atoms with Crippen LogP contribution >= 0.6 is 0 Å². The van der Waals surface area contributed by atoms with E-state index in [0.717, 1.165) is 5.56 Å². The van der Waals surface area contributed by atoms with Gasteiger partial charge in [-0.05, 0) is 39.2 Å². The number of carbonyl (C=O) groups excluding carboxylic acids is 1. The van der Waals surface area contributed by atoms with E-state index in [0.29, 0.717) is 0 Å². The minimum absolute atomic E-state index is 0.257. The summed E-state index contributed by atoms with van der Waals surface area (Å²) in [6.07, 6.45) is 1.35. The SMILES string of the molecule is CC.CC1(C)OB(/C=C/C(=O)OCc2ccccc2)OC1(C)C. The molecule has 1 aromatic rings. The van der Waals surface area contributed by atoms with Crippen LogP contribution in [0.1, 0.15) is 47.1 Å². The average molecular weight is 318 g/mol. The first kappa shape index (κ1) is 19.5. The summed E-state index contributed by atoms with van der Waals surface area (Å²) in [7, 11) is -0.528. The first-order valence-electron chi connectivity index (χ1n) is 8.05. The van der Waals surface area contributed by atoms with E-state index in [4.69, 9.17) is 14.0 Å². The molecule has 0 amide bonds. The summed E-state index contributed by atoms with van der Waals surface area (Å²) in [6, 6.07) is 9.55. The summed E-state index contributed by atoms with van der Waals surface area (Å²) in [5, 5.41) is 0. The molecule has 1 saturated heterocycles. The van der Waals surface area contributed by atoms with E-state index in [-0.39, 0.29) is 6.61 Å². The van der Waals surface area contributed by atoms with Gasteiger partial charge in [0.2, 0.25) is 0 Å². The molecule has 0 unspecified atom stereocenters. The summed E-state index contributed by atoms with van der Waals surface area (Å²) in [4.78, 5) is 11.7. The van der Waals surface area contributed by atoms with Crippen molar-refractivity contribution in [3.8, 4) is 0 Å². The molecule has 2 rings (SSSR count). The summed E-state index contributed by atoms with van der Waals surface area (Å²) < 4.78 is 16.7. The van der Waals surface area contributed by atoms with E-state index in [2.05, 4.69) is 0 Å². The van der Waals surface area contributed by atoms with Crippen LogP contribution in [-0.4, -0.2) is 24.3 Å². The van der Waals surface area contributed by atoms with Gasteiger partial charge in [-0.3, -0.25) is 0 Å². The van der Waals surface area contributed by atoms with Crippen LogP contribution < -0.4 is 0 Å². The molecule has 1 aliphatic rings. The van der Waals surface area contributed by atoms with Gasteiger partial charge >= 0.3 is 13.1 Å². The van der Waals surface area contributed by atoms with Crippen molar-refractivity contribution >= 4 is 13.1 Å². The number of esters is 1. The minimum Gasteiger partial charge on any atom is -0.458 e. The fourth-order valence-electron chi connectivity index (χ4n) is 1.90. The van der Waals surface area contributed by atoms with Crippen molar-refractivity contribution in [1.82, 2.24) is 0 Å². The Kier molecular flexibility index (Phi) is 7.04. The van der Waals surface area contributed by atoms with Crippen LogP contribution in [0.2, 0.25) is 0 Å². The first-order valence-corrected chi connectivity index (χ1v) is 8.05. The molecule has 0 aliphatic carbocycles. The van der Waals surface area contributed by atoms with Crippen LogP contribution in [0.15, 0.2) is 42.4 Å². The van der Waals surface area contributed by atoms with Crippen molar-refractivity contribution in [2.24, 2.45) is 0 Å². The molecular weight excluding hydrogens is 291 g/mol. The molecule has 0 radical (unpaired) electrons. The molecule has 0 atom stereocenters. The zero-order valence-corrected chi connectivity index (χ0v) is 15.0. The molecule has 1 aromatic carbocycles. The second kappa shape index (κ2) is 8.32. The van der Waals surface area contributed by atoms with E-state index in [1.54, 1.807) is 5.98 Å². The van der Waals surface area contributed by atoms with Crippen LogP contribution in [0.4, 0.5) is 0 Å². The van der Waals surface area contributed by atoms with Gasteiger partial charge in [0.25, 0.3) is 0 Å². The van der Waals surface area contributed by atoms with Crippen molar-refractivity contribution in [3.63, 3.8) is 0 Å². The van der Waals surface area contributed by atoms with Gasteiger partial charge in [-0.2, -0.15) is 0 Å². The highest BCUT2D eigenvalue weighted by molar-refractivity contribution is 6.52. The number of benzene rings is 1. The third kappa shape index (κ3) is 5.52.